The van der Waals surface area contributed by atoms with Crippen LogP contribution in [0.4, 0.5) is 0 Å². The topological polar surface area (TPSA) is 66.4 Å². The molecule has 0 aliphatic carbocycles. The fourth-order valence-corrected chi connectivity index (χ4v) is 4.71. The van der Waals surface area contributed by atoms with Crippen LogP contribution < -0.4 is 0 Å². The first-order valence-electron chi connectivity index (χ1n) is 11.6. The summed E-state index contributed by atoms with van der Waals surface area (Å²) < 4.78 is 29.2. The Morgan fingerprint density at radius 2 is 1.41 bits per heavy atom. The average Bonchev–Trinajstić information content (AvgIpc) is 3.26. The third kappa shape index (κ3) is 4.76. The first-order valence-corrected chi connectivity index (χ1v) is 11.6. The molecule has 0 bridgehead atoms. The molecule has 7 atom stereocenters. The number of rotatable bonds is 6. The van der Waals surface area contributed by atoms with Gasteiger partial charge in [0, 0.05) is 5.56 Å². The number of fused-ring (bicyclic) bond motifs is 3. The molecular formula is C26H32O6. The van der Waals surface area contributed by atoms with E-state index >= 15 is 0 Å². The van der Waals surface area contributed by atoms with Crippen molar-refractivity contribution in [2.75, 3.05) is 6.61 Å². The lowest BCUT2D eigenvalue weighted by molar-refractivity contribution is -0.333. The van der Waals surface area contributed by atoms with Gasteiger partial charge >= 0.3 is 0 Å². The van der Waals surface area contributed by atoms with Crippen LogP contribution in [0.5, 0.6) is 0 Å². The molecule has 0 saturated carbocycles. The Labute approximate surface area is 189 Å². The summed E-state index contributed by atoms with van der Waals surface area (Å²) in [6.45, 7) is 4.34. The Kier molecular flexibility index (Phi) is 6.60. The molecule has 6 nitrogen and oxygen atoms in total. The predicted octanol–water partition coefficient (Wildman–Crippen LogP) is 3.82. The second-order valence-electron chi connectivity index (χ2n) is 9.03. The van der Waals surface area contributed by atoms with Crippen LogP contribution in [0.15, 0.2) is 48.5 Å². The maximum absolute atomic E-state index is 10.4. The zero-order valence-electron chi connectivity index (χ0n) is 18.7. The highest BCUT2D eigenvalue weighted by atomic mass is 16.8. The summed E-state index contributed by atoms with van der Waals surface area (Å²) in [7, 11) is 0. The predicted molar refractivity (Wildman–Crippen MR) is 118 cm³/mol. The lowest BCUT2D eigenvalue weighted by Crippen LogP contribution is -2.61. The number of ether oxygens (including phenoxy) is 5. The highest BCUT2D eigenvalue weighted by Gasteiger charge is 2.55. The Hall–Kier alpha value is -1.80. The minimum absolute atomic E-state index is 0.315. The Morgan fingerprint density at radius 1 is 0.781 bits per heavy atom. The minimum Gasteiger partial charge on any atom is -0.366 e. The number of aliphatic hydroxyl groups excluding tert-OH is 1. The van der Waals surface area contributed by atoms with Crippen LogP contribution in [-0.2, 0) is 36.5 Å². The number of aryl methyl sites for hydroxylation is 3. The van der Waals surface area contributed by atoms with Crippen molar-refractivity contribution < 1.29 is 28.8 Å². The molecular weight excluding hydrogens is 408 g/mol. The monoisotopic (exact) mass is 440 g/mol. The molecule has 172 valence electrons. The van der Waals surface area contributed by atoms with Gasteiger partial charge in [0.15, 0.2) is 18.9 Å². The van der Waals surface area contributed by atoms with Crippen LogP contribution in [0.2, 0.25) is 0 Å². The summed E-state index contributed by atoms with van der Waals surface area (Å²) in [6.07, 6.45) is 0.924. The second kappa shape index (κ2) is 9.59. The summed E-state index contributed by atoms with van der Waals surface area (Å²) in [6, 6.07) is 17.2. The molecule has 3 saturated heterocycles. The molecule has 2 aromatic carbocycles. The molecule has 3 fully saturated rings. The fraction of sp³-hybridized carbons (Fsp3) is 0.538. The Balaban J connectivity index is 1.14. The van der Waals surface area contributed by atoms with Gasteiger partial charge in [-0.05, 0) is 50.7 Å². The quantitative estimate of drug-likeness (QED) is 0.689. The SMILES string of the molecule is Cc1ccc(CCCCc2ccc(C3OC4C(O)OC5COC(C)OC5C4O3)cc2)cc1. The third-order valence-electron chi connectivity index (χ3n) is 6.57. The number of hydrogen-bond donors (Lipinski definition) is 1. The van der Waals surface area contributed by atoms with Gasteiger partial charge < -0.3 is 28.8 Å². The second-order valence-corrected chi connectivity index (χ2v) is 9.03. The first kappa shape index (κ1) is 22.0. The summed E-state index contributed by atoms with van der Waals surface area (Å²) in [5.41, 5.74) is 4.95. The van der Waals surface area contributed by atoms with E-state index in [0.29, 0.717) is 6.61 Å². The largest absolute Gasteiger partial charge is 0.366 e. The molecule has 5 rings (SSSR count). The molecule has 0 spiro atoms. The smallest absolute Gasteiger partial charge is 0.185 e. The van der Waals surface area contributed by atoms with E-state index in [4.69, 9.17) is 23.7 Å². The normalized spacial score (nSPS) is 34.2. The van der Waals surface area contributed by atoms with Gasteiger partial charge in [-0.15, -0.1) is 0 Å². The minimum atomic E-state index is -1.06. The number of hydrogen-bond acceptors (Lipinski definition) is 6. The maximum atomic E-state index is 10.4. The summed E-state index contributed by atoms with van der Waals surface area (Å²) >= 11 is 0. The lowest BCUT2D eigenvalue weighted by atomic mass is 9.98. The highest BCUT2D eigenvalue weighted by molar-refractivity contribution is 5.25. The molecule has 32 heavy (non-hydrogen) atoms. The molecule has 3 heterocycles. The van der Waals surface area contributed by atoms with Crippen molar-refractivity contribution >= 4 is 0 Å². The van der Waals surface area contributed by atoms with E-state index in [2.05, 4.69) is 55.5 Å². The van der Waals surface area contributed by atoms with Gasteiger partial charge in [-0.25, -0.2) is 0 Å². The Bertz CT molecular complexity index is 882. The first-order chi connectivity index (χ1) is 15.6. The van der Waals surface area contributed by atoms with Crippen LogP contribution in [0, 0.1) is 6.92 Å². The molecule has 7 unspecified atom stereocenters. The lowest BCUT2D eigenvalue weighted by Gasteiger charge is -2.44. The van der Waals surface area contributed by atoms with Crippen LogP contribution in [0.3, 0.4) is 0 Å². The number of unbranched alkanes of at least 4 members (excludes halogenated alkanes) is 1. The van der Waals surface area contributed by atoms with E-state index in [0.717, 1.165) is 24.8 Å². The van der Waals surface area contributed by atoms with E-state index in [-0.39, 0.29) is 24.6 Å². The fourth-order valence-electron chi connectivity index (χ4n) is 4.71. The third-order valence-corrected chi connectivity index (χ3v) is 6.57. The summed E-state index contributed by atoms with van der Waals surface area (Å²) in [5, 5.41) is 10.4. The van der Waals surface area contributed by atoms with Gasteiger partial charge in [0.25, 0.3) is 0 Å². The number of aliphatic hydroxyl groups is 1. The molecule has 0 radical (unpaired) electrons. The summed E-state index contributed by atoms with van der Waals surface area (Å²) in [5.74, 6) is 0. The molecule has 6 heteroatoms. The van der Waals surface area contributed by atoms with E-state index < -0.39 is 18.7 Å². The van der Waals surface area contributed by atoms with Crippen LogP contribution in [0.1, 0.15) is 48.3 Å². The highest BCUT2D eigenvalue weighted by Crippen LogP contribution is 2.41. The van der Waals surface area contributed by atoms with E-state index in [1.165, 1.54) is 23.1 Å². The Morgan fingerprint density at radius 3 is 2.09 bits per heavy atom. The molecule has 3 aliphatic rings. The van der Waals surface area contributed by atoms with Gasteiger partial charge in [-0.3, -0.25) is 0 Å². The van der Waals surface area contributed by atoms with Crippen molar-refractivity contribution in [2.24, 2.45) is 0 Å². The van der Waals surface area contributed by atoms with Crippen molar-refractivity contribution in [2.45, 2.75) is 82.8 Å². The summed E-state index contributed by atoms with van der Waals surface area (Å²) in [4.78, 5) is 0. The van der Waals surface area contributed by atoms with Gasteiger partial charge in [-0.1, -0.05) is 54.1 Å². The van der Waals surface area contributed by atoms with E-state index in [9.17, 15) is 5.11 Å². The van der Waals surface area contributed by atoms with E-state index in [1.807, 2.05) is 6.92 Å². The van der Waals surface area contributed by atoms with Crippen molar-refractivity contribution in [1.29, 1.82) is 0 Å². The van der Waals surface area contributed by atoms with Crippen LogP contribution in [0.25, 0.3) is 0 Å². The zero-order valence-corrected chi connectivity index (χ0v) is 18.7. The maximum Gasteiger partial charge on any atom is 0.185 e. The molecule has 0 aromatic heterocycles. The van der Waals surface area contributed by atoms with Crippen LogP contribution >= 0.6 is 0 Å². The van der Waals surface area contributed by atoms with Gasteiger partial charge in [0.05, 0.1) is 6.61 Å². The van der Waals surface area contributed by atoms with Crippen molar-refractivity contribution in [3.05, 3.63) is 70.8 Å². The molecule has 0 amide bonds. The average molecular weight is 441 g/mol. The molecule has 3 aliphatic heterocycles. The van der Waals surface area contributed by atoms with Gasteiger partial charge in [0.1, 0.15) is 24.4 Å². The van der Waals surface area contributed by atoms with Gasteiger partial charge in [-0.2, -0.15) is 0 Å². The van der Waals surface area contributed by atoms with Crippen molar-refractivity contribution in [3.8, 4) is 0 Å². The van der Waals surface area contributed by atoms with Gasteiger partial charge in [0.2, 0.25) is 0 Å². The van der Waals surface area contributed by atoms with Crippen molar-refractivity contribution in [3.63, 3.8) is 0 Å². The van der Waals surface area contributed by atoms with E-state index in [1.54, 1.807) is 0 Å². The standard InChI is InChI=1S/C26H32O6/c1-16-7-9-18(10-8-16)5-3-4-6-19-11-13-20(14-12-19)26-31-23-22-21(15-28-17(2)29-22)30-25(27)24(23)32-26/h7-14,17,21-27H,3-6,15H2,1-2H3. The van der Waals surface area contributed by atoms with Crippen molar-refractivity contribution in [1.82, 2.24) is 0 Å². The number of benzene rings is 2. The van der Waals surface area contributed by atoms with Crippen LogP contribution in [-0.4, -0.2) is 48.7 Å². The molecule has 1 N–H and O–H groups in total. The zero-order chi connectivity index (χ0) is 22.1. The molecule has 2 aromatic rings.